The molecule has 1 N–H and O–H groups in total. The van der Waals surface area contributed by atoms with E-state index >= 15 is 0 Å². The third-order valence-electron chi connectivity index (χ3n) is 2.86. The van der Waals surface area contributed by atoms with Crippen LogP contribution in [-0.2, 0) is 0 Å². The molecule has 0 aromatic carbocycles. The summed E-state index contributed by atoms with van der Waals surface area (Å²) in [5, 5.41) is 7.48. The van der Waals surface area contributed by atoms with Gasteiger partial charge in [-0.25, -0.2) is 9.37 Å². The summed E-state index contributed by atoms with van der Waals surface area (Å²) in [6, 6.07) is 1.40. The normalized spacial score (nSPS) is 13.1. The first-order valence-electron chi connectivity index (χ1n) is 5.86. The van der Waals surface area contributed by atoms with Crippen molar-refractivity contribution in [2.45, 2.75) is 20.8 Å². The molecule has 0 saturated heterocycles. The van der Waals surface area contributed by atoms with E-state index in [-0.39, 0.29) is 0 Å². The maximum atomic E-state index is 13.2. The SMILES string of the molecule is C=C(C)/C(C)=C\N=C(C)c1[nH]nc2ncc(F)cc12. The molecule has 19 heavy (non-hydrogen) atoms. The topological polar surface area (TPSA) is 53.9 Å². The van der Waals surface area contributed by atoms with Gasteiger partial charge >= 0.3 is 0 Å². The van der Waals surface area contributed by atoms with Crippen molar-refractivity contribution in [1.29, 1.82) is 0 Å². The monoisotopic (exact) mass is 258 g/mol. The Bertz CT molecular complexity index is 695. The fourth-order valence-electron chi connectivity index (χ4n) is 1.52. The summed E-state index contributed by atoms with van der Waals surface area (Å²) >= 11 is 0. The molecule has 0 saturated carbocycles. The van der Waals surface area contributed by atoms with Crippen molar-refractivity contribution in [1.82, 2.24) is 15.2 Å². The van der Waals surface area contributed by atoms with Gasteiger partial charge in [-0.15, -0.1) is 0 Å². The molecule has 0 spiro atoms. The van der Waals surface area contributed by atoms with E-state index in [1.165, 1.54) is 6.07 Å². The number of H-pyrrole nitrogens is 1. The number of halogens is 1. The quantitative estimate of drug-likeness (QED) is 0.677. The molecule has 0 unspecified atom stereocenters. The Morgan fingerprint density at radius 3 is 2.84 bits per heavy atom. The summed E-state index contributed by atoms with van der Waals surface area (Å²) in [7, 11) is 0. The van der Waals surface area contributed by atoms with Crippen LogP contribution in [0.5, 0.6) is 0 Å². The zero-order valence-corrected chi connectivity index (χ0v) is 11.2. The average Bonchev–Trinajstić information content (AvgIpc) is 2.78. The molecular formula is C14H15FN4. The van der Waals surface area contributed by atoms with Gasteiger partial charge in [0.2, 0.25) is 0 Å². The van der Waals surface area contributed by atoms with Gasteiger partial charge in [-0.2, -0.15) is 5.10 Å². The van der Waals surface area contributed by atoms with Gasteiger partial charge in [0.25, 0.3) is 0 Å². The molecule has 0 aliphatic heterocycles. The lowest BCUT2D eigenvalue weighted by Crippen LogP contribution is -1.95. The van der Waals surface area contributed by atoms with Crippen molar-refractivity contribution in [3.05, 3.63) is 47.7 Å². The number of nitrogens with zero attached hydrogens (tertiary/aromatic N) is 3. The molecule has 4 nitrogen and oxygen atoms in total. The zero-order chi connectivity index (χ0) is 14.0. The lowest BCUT2D eigenvalue weighted by Gasteiger charge is -1.98. The average molecular weight is 258 g/mol. The van der Waals surface area contributed by atoms with Gasteiger partial charge in [-0.3, -0.25) is 10.1 Å². The van der Waals surface area contributed by atoms with Crippen molar-refractivity contribution >= 4 is 16.7 Å². The zero-order valence-electron chi connectivity index (χ0n) is 11.2. The Balaban J connectivity index is 2.44. The minimum atomic E-state index is -0.392. The van der Waals surface area contributed by atoms with Crippen LogP contribution in [0, 0.1) is 5.82 Å². The number of fused-ring (bicyclic) bond motifs is 1. The van der Waals surface area contributed by atoms with E-state index in [0.29, 0.717) is 16.7 Å². The molecule has 0 amide bonds. The highest BCUT2D eigenvalue weighted by Crippen LogP contribution is 2.16. The molecule has 0 aliphatic carbocycles. The second kappa shape index (κ2) is 5.14. The van der Waals surface area contributed by atoms with E-state index in [1.807, 2.05) is 20.8 Å². The molecular weight excluding hydrogens is 243 g/mol. The Morgan fingerprint density at radius 2 is 2.16 bits per heavy atom. The van der Waals surface area contributed by atoms with E-state index in [0.717, 1.165) is 23.1 Å². The number of nitrogens with one attached hydrogen (secondary N) is 1. The molecule has 0 fully saturated rings. The summed E-state index contributed by atoms with van der Waals surface area (Å²) < 4.78 is 13.2. The van der Waals surface area contributed by atoms with Crippen LogP contribution in [0.15, 0.2) is 41.2 Å². The lowest BCUT2D eigenvalue weighted by atomic mass is 10.2. The van der Waals surface area contributed by atoms with Crippen LogP contribution in [0.25, 0.3) is 11.0 Å². The van der Waals surface area contributed by atoms with Gasteiger partial charge in [-0.05, 0) is 32.4 Å². The van der Waals surface area contributed by atoms with Crippen LogP contribution in [0.3, 0.4) is 0 Å². The largest absolute Gasteiger partial charge is 0.274 e. The molecule has 0 atom stereocenters. The van der Waals surface area contributed by atoms with E-state index in [2.05, 4.69) is 26.8 Å². The first kappa shape index (κ1) is 13.1. The Morgan fingerprint density at radius 1 is 1.42 bits per heavy atom. The van der Waals surface area contributed by atoms with Crippen molar-refractivity contribution in [3.63, 3.8) is 0 Å². The number of aromatic nitrogens is 3. The minimum absolute atomic E-state index is 0.392. The highest BCUT2D eigenvalue weighted by atomic mass is 19.1. The molecule has 2 rings (SSSR count). The molecule has 2 aromatic heterocycles. The Hall–Kier alpha value is -2.30. The lowest BCUT2D eigenvalue weighted by molar-refractivity contribution is 0.624. The minimum Gasteiger partial charge on any atom is -0.274 e. The first-order valence-corrected chi connectivity index (χ1v) is 5.86. The summed E-state index contributed by atoms with van der Waals surface area (Å²) in [6.45, 7) is 9.53. The molecule has 98 valence electrons. The van der Waals surface area contributed by atoms with E-state index in [9.17, 15) is 4.39 Å². The number of pyridine rings is 1. The van der Waals surface area contributed by atoms with Gasteiger partial charge in [0.05, 0.1) is 23.0 Å². The number of rotatable bonds is 3. The summed E-state index contributed by atoms with van der Waals surface area (Å²) in [5.41, 5.74) is 3.82. The number of aliphatic imine (C=N–C) groups is 1. The third-order valence-corrected chi connectivity index (χ3v) is 2.86. The highest BCUT2D eigenvalue weighted by Gasteiger charge is 2.09. The predicted octanol–water partition coefficient (Wildman–Crippen LogP) is 3.39. The molecule has 5 heteroatoms. The van der Waals surface area contributed by atoms with Crippen LogP contribution in [-0.4, -0.2) is 20.9 Å². The number of hydrogen-bond acceptors (Lipinski definition) is 3. The molecule has 2 aromatic rings. The maximum Gasteiger partial charge on any atom is 0.181 e. The number of allylic oxidation sites excluding steroid dienone is 2. The molecule has 0 radical (unpaired) electrons. The third kappa shape index (κ3) is 2.76. The second-order valence-corrected chi connectivity index (χ2v) is 4.43. The fraction of sp³-hybridized carbons (Fsp3) is 0.214. The highest BCUT2D eigenvalue weighted by molar-refractivity contribution is 6.07. The van der Waals surface area contributed by atoms with E-state index < -0.39 is 5.82 Å². The van der Waals surface area contributed by atoms with Crippen molar-refractivity contribution in [2.75, 3.05) is 0 Å². The summed E-state index contributed by atoms with van der Waals surface area (Å²) in [5.74, 6) is -0.392. The van der Waals surface area contributed by atoms with Crippen LogP contribution in [0.1, 0.15) is 26.5 Å². The summed E-state index contributed by atoms with van der Waals surface area (Å²) in [6.07, 6.45) is 2.88. The van der Waals surface area contributed by atoms with Crippen LogP contribution < -0.4 is 0 Å². The number of aromatic amines is 1. The Labute approximate surface area is 110 Å². The van der Waals surface area contributed by atoms with Gasteiger partial charge in [0, 0.05) is 6.20 Å². The van der Waals surface area contributed by atoms with Crippen LogP contribution in [0.2, 0.25) is 0 Å². The smallest absolute Gasteiger partial charge is 0.181 e. The maximum absolute atomic E-state index is 13.2. The van der Waals surface area contributed by atoms with Gasteiger partial charge in [0.1, 0.15) is 5.82 Å². The van der Waals surface area contributed by atoms with Crippen molar-refractivity contribution < 1.29 is 4.39 Å². The summed E-state index contributed by atoms with van der Waals surface area (Å²) in [4.78, 5) is 8.25. The predicted molar refractivity (Wildman–Crippen MR) is 74.6 cm³/mol. The van der Waals surface area contributed by atoms with Gasteiger partial charge in [-0.1, -0.05) is 12.2 Å². The first-order chi connectivity index (χ1) is 8.99. The van der Waals surface area contributed by atoms with Crippen molar-refractivity contribution in [2.24, 2.45) is 4.99 Å². The van der Waals surface area contributed by atoms with Gasteiger partial charge in [0.15, 0.2) is 5.65 Å². The fourth-order valence-corrected chi connectivity index (χ4v) is 1.52. The van der Waals surface area contributed by atoms with Crippen LogP contribution >= 0.6 is 0 Å². The molecule has 0 aliphatic rings. The molecule has 0 bridgehead atoms. The van der Waals surface area contributed by atoms with E-state index in [1.54, 1.807) is 6.20 Å². The standard InChI is InChI=1S/C14H15FN4/c1-8(2)9(3)6-16-10(4)13-12-5-11(15)7-17-14(12)19-18-13/h5-7H,1H2,2-4H3,(H,17,18,19)/b9-6-,16-10?. The number of hydrogen-bond donors (Lipinski definition) is 1. The van der Waals surface area contributed by atoms with Gasteiger partial charge < -0.3 is 0 Å². The van der Waals surface area contributed by atoms with E-state index in [4.69, 9.17) is 0 Å². The molecule has 2 heterocycles. The van der Waals surface area contributed by atoms with Crippen molar-refractivity contribution in [3.8, 4) is 0 Å². The van der Waals surface area contributed by atoms with Crippen LogP contribution in [0.4, 0.5) is 4.39 Å². The Kier molecular flexibility index (Phi) is 3.55. The second-order valence-electron chi connectivity index (χ2n) is 4.43.